The van der Waals surface area contributed by atoms with E-state index >= 15 is 0 Å². The molecule has 0 radical (unpaired) electrons. The van der Waals surface area contributed by atoms with Crippen molar-refractivity contribution < 1.29 is 5.11 Å². The van der Waals surface area contributed by atoms with Crippen LogP contribution in [0.25, 0.3) is 0 Å². The average molecular weight is 159 g/mol. The molecule has 0 aliphatic carbocycles. The lowest BCUT2D eigenvalue weighted by Crippen LogP contribution is -2.34. The van der Waals surface area contributed by atoms with Gasteiger partial charge in [0.1, 0.15) is 0 Å². The second-order valence-corrected chi connectivity index (χ2v) is 4.26. The molecule has 2 fully saturated rings. The summed E-state index contributed by atoms with van der Waals surface area (Å²) in [4.78, 5) is 0. The zero-order chi connectivity index (χ0) is 6.97. The molecule has 0 aromatic carbocycles. The van der Waals surface area contributed by atoms with E-state index in [9.17, 15) is 5.11 Å². The van der Waals surface area contributed by atoms with Crippen LogP contribution in [-0.2, 0) is 0 Å². The van der Waals surface area contributed by atoms with E-state index in [1.165, 1.54) is 17.9 Å². The largest absolute Gasteiger partial charge is 0.391 e. The number of aliphatic hydroxyl groups is 1. The van der Waals surface area contributed by atoms with Crippen LogP contribution in [0.1, 0.15) is 6.42 Å². The predicted molar refractivity (Wildman–Crippen MR) is 43.2 cm³/mol. The standard InChI is InChI=1S/C7H13NOS/c9-7-3-8-6-4-10-2-1-5(6)7/h5-9H,1-4H2. The molecule has 2 heterocycles. The van der Waals surface area contributed by atoms with Crippen molar-refractivity contribution in [3.8, 4) is 0 Å². The van der Waals surface area contributed by atoms with Crippen LogP contribution in [0.3, 0.4) is 0 Å². The fraction of sp³-hybridized carbons (Fsp3) is 1.00. The van der Waals surface area contributed by atoms with E-state index < -0.39 is 0 Å². The smallest absolute Gasteiger partial charge is 0.0708 e. The Morgan fingerprint density at radius 2 is 2.40 bits per heavy atom. The van der Waals surface area contributed by atoms with Gasteiger partial charge < -0.3 is 10.4 Å². The minimum absolute atomic E-state index is 0.0640. The minimum Gasteiger partial charge on any atom is -0.391 e. The molecule has 2 nitrogen and oxygen atoms in total. The molecule has 3 atom stereocenters. The maximum atomic E-state index is 9.45. The molecule has 3 heteroatoms. The zero-order valence-corrected chi connectivity index (χ0v) is 6.73. The van der Waals surface area contributed by atoms with E-state index in [4.69, 9.17) is 0 Å². The van der Waals surface area contributed by atoms with Crippen molar-refractivity contribution in [1.29, 1.82) is 0 Å². The van der Waals surface area contributed by atoms with Crippen molar-refractivity contribution in [3.63, 3.8) is 0 Å². The molecule has 58 valence electrons. The third-order valence-electron chi connectivity index (χ3n) is 2.49. The minimum atomic E-state index is -0.0640. The molecule has 2 saturated heterocycles. The molecule has 2 aliphatic heterocycles. The molecule has 2 aliphatic rings. The van der Waals surface area contributed by atoms with Gasteiger partial charge in [0.05, 0.1) is 6.10 Å². The highest BCUT2D eigenvalue weighted by Gasteiger charge is 2.35. The number of β-amino-alcohol motifs (C(OH)–C–C–N with tert-alkyl or cyclic N) is 1. The van der Waals surface area contributed by atoms with E-state index in [-0.39, 0.29) is 6.10 Å². The van der Waals surface area contributed by atoms with Crippen LogP contribution < -0.4 is 5.32 Å². The van der Waals surface area contributed by atoms with Crippen LogP contribution >= 0.6 is 11.8 Å². The fourth-order valence-electron chi connectivity index (χ4n) is 1.85. The second-order valence-electron chi connectivity index (χ2n) is 3.11. The van der Waals surface area contributed by atoms with E-state index in [0.717, 1.165) is 6.54 Å². The van der Waals surface area contributed by atoms with Gasteiger partial charge in [-0.25, -0.2) is 0 Å². The SMILES string of the molecule is OC1CNC2CSCCC12. The van der Waals surface area contributed by atoms with Crippen molar-refractivity contribution in [2.75, 3.05) is 18.1 Å². The first-order chi connectivity index (χ1) is 4.88. The number of hydrogen-bond acceptors (Lipinski definition) is 3. The van der Waals surface area contributed by atoms with Crippen molar-refractivity contribution >= 4 is 11.8 Å². The van der Waals surface area contributed by atoms with Crippen molar-refractivity contribution in [1.82, 2.24) is 5.32 Å². The number of aliphatic hydroxyl groups excluding tert-OH is 1. The Morgan fingerprint density at radius 3 is 3.20 bits per heavy atom. The Labute approximate surface area is 65.4 Å². The van der Waals surface area contributed by atoms with Crippen LogP contribution in [0.5, 0.6) is 0 Å². The molecule has 0 aromatic rings. The topological polar surface area (TPSA) is 32.3 Å². The molecule has 0 spiro atoms. The lowest BCUT2D eigenvalue weighted by molar-refractivity contribution is 0.137. The van der Waals surface area contributed by atoms with Gasteiger partial charge in [0.15, 0.2) is 0 Å². The molecule has 2 rings (SSSR count). The van der Waals surface area contributed by atoms with Crippen LogP contribution in [0.15, 0.2) is 0 Å². The summed E-state index contributed by atoms with van der Waals surface area (Å²) in [5.41, 5.74) is 0. The first kappa shape index (κ1) is 6.95. The van der Waals surface area contributed by atoms with E-state index in [1.54, 1.807) is 0 Å². The van der Waals surface area contributed by atoms with Gasteiger partial charge in [0.25, 0.3) is 0 Å². The molecule has 0 aromatic heterocycles. The van der Waals surface area contributed by atoms with Gasteiger partial charge in [0.2, 0.25) is 0 Å². The van der Waals surface area contributed by atoms with Crippen molar-refractivity contribution in [3.05, 3.63) is 0 Å². The Bertz CT molecular complexity index is 129. The number of nitrogens with one attached hydrogen (secondary N) is 1. The summed E-state index contributed by atoms with van der Waals surface area (Å²) in [6, 6.07) is 0.605. The van der Waals surface area contributed by atoms with Crippen LogP contribution in [0.2, 0.25) is 0 Å². The number of hydrogen-bond donors (Lipinski definition) is 2. The highest BCUT2D eigenvalue weighted by atomic mass is 32.2. The summed E-state index contributed by atoms with van der Waals surface area (Å²) in [6.07, 6.45) is 1.13. The fourth-order valence-corrected chi connectivity index (χ4v) is 3.07. The van der Waals surface area contributed by atoms with Gasteiger partial charge in [-0.3, -0.25) is 0 Å². The lowest BCUT2D eigenvalue weighted by atomic mass is 9.96. The molecule has 0 bridgehead atoms. The van der Waals surface area contributed by atoms with Gasteiger partial charge in [-0.05, 0) is 12.2 Å². The first-order valence-electron chi connectivity index (χ1n) is 3.87. The molecule has 0 saturated carbocycles. The predicted octanol–water partition coefficient (Wildman–Crippen LogP) is 0.0722. The van der Waals surface area contributed by atoms with Gasteiger partial charge in [-0.2, -0.15) is 11.8 Å². The Kier molecular flexibility index (Phi) is 1.89. The average Bonchev–Trinajstić information content (AvgIpc) is 2.34. The lowest BCUT2D eigenvalue weighted by Gasteiger charge is -2.25. The quantitative estimate of drug-likeness (QED) is 0.525. The van der Waals surface area contributed by atoms with Gasteiger partial charge >= 0.3 is 0 Å². The first-order valence-corrected chi connectivity index (χ1v) is 5.02. The Morgan fingerprint density at radius 1 is 1.50 bits per heavy atom. The summed E-state index contributed by atoms with van der Waals surface area (Å²) in [6.45, 7) is 0.815. The van der Waals surface area contributed by atoms with Crippen LogP contribution in [0.4, 0.5) is 0 Å². The molecule has 2 N–H and O–H groups in total. The number of fused-ring (bicyclic) bond motifs is 1. The molecule has 0 amide bonds. The summed E-state index contributed by atoms with van der Waals surface area (Å²) < 4.78 is 0. The highest BCUT2D eigenvalue weighted by Crippen LogP contribution is 2.29. The van der Waals surface area contributed by atoms with E-state index in [1.807, 2.05) is 11.8 Å². The molecule has 3 unspecified atom stereocenters. The van der Waals surface area contributed by atoms with Gasteiger partial charge in [0, 0.05) is 24.3 Å². The maximum absolute atomic E-state index is 9.45. The van der Waals surface area contributed by atoms with Crippen LogP contribution in [-0.4, -0.2) is 35.3 Å². The van der Waals surface area contributed by atoms with E-state index in [0.29, 0.717) is 12.0 Å². The van der Waals surface area contributed by atoms with Crippen molar-refractivity contribution in [2.45, 2.75) is 18.6 Å². The number of rotatable bonds is 0. The maximum Gasteiger partial charge on any atom is 0.0708 e. The summed E-state index contributed by atoms with van der Waals surface area (Å²) in [5.74, 6) is 2.99. The molecule has 10 heavy (non-hydrogen) atoms. The third-order valence-corrected chi connectivity index (χ3v) is 3.61. The third kappa shape index (κ3) is 1.06. The normalized spacial score (nSPS) is 47.1. The van der Waals surface area contributed by atoms with E-state index in [2.05, 4.69) is 5.32 Å². The van der Waals surface area contributed by atoms with Crippen molar-refractivity contribution in [2.24, 2.45) is 5.92 Å². The van der Waals surface area contributed by atoms with Gasteiger partial charge in [-0.1, -0.05) is 0 Å². The Hall–Kier alpha value is 0.270. The van der Waals surface area contributed by atoms with Gasteiger partial charge in [-0.15, -0.1) is 0 Å². The van der Waals surface area contributed by atoms with Crippen LogP contribution in [0, 0.1) is 5.92 Å². The summed E-state index contributed by atoms with van der Waals surface area (Å²) >= 11 is 2.00. The monoisotopic (exact) mass is 159 g/mol. The second kappa shape index (κ2) is 2.72. The summed E-state index contributed by atoms with van der Waals surface area (Å²) in [7, 11) is 0. The number of thioether (sulfide) groups is 1. The summed E-state index contributed by atoms with van der Waals surface area (Å²) in [5, 5.41) is 12.8. The molecular formula is C7H13NOS. The zero-order valence-electron chi connectivity index (χ0n) is 5.92. The highest BCUT2D eigenvalue weighted by molar-refractivity contribution is 7.99. The Balaban J connectivity index is 2.01. The molecular weight excluding hydrogens is 146 g/mol.